The molecule has 0 aliphatic heterocycles. The summed E-state index contributed by atoms with van der Waals surface area (Å²) in [4.78, 5) is 20.7. The van der Waals surface area contributed by atoms with Crippen LogP contribution >= 0.6 is 11.3 Å². The molecule has 0 fully saturated rings. The van der Waals surface area contributed by atoms with Crippen molar-refractivity contribution in [2.45, 2.75) is 26.7 Å². The first-order valence-corrected chi connectivity index (χ1v) is 8.01. The minimum absolute atomic E-state index is 0.0738. The van der Waals surface area contributed by atoms with Gasteiger partial charge in [-0.1, -0.05) is 6.92 Å². The number of hydrogen-bond donors (Lipinski definition) is 2. The number of aromatic nitrogens is 2. The molecule has 0 bridgehead atoms. The van der Waals surface area contributed by atoms with Gasteiger partial charge in [-0.15, -0.1) is 11.3 Å². The largest absolute Gasteiger partial charge is 0.370 e. The standard InChI is InChI=1S/C15H20N4OS/c1-3-5-16-14-8-12(7-11(2)19-14)15(20)17-6-4-13-9-21-10-18-13/h7-10H,3-6H2,1-2H3,(H,16,19)(H,17,20). The van der Waals surface area contributed by atoms with Crippen molar-refractivity contribution in [2.75, 3.05) is 18.4 Å². The van der Waals surface area contributed by atoms with Crippen molar-refractivity contribution in [3.05, 3.63) is 40.0 Å². The van der Waals surface area contributed by atoms with Gasteiger partial charge in [0.2, 0.25) is 0 Å². The lowest BCUT2D eigenvalue weighted by molar-refractivity contribution is 0.0954. The lowest BCUT2D eigenvalue weighted by Gasteiger charge is -2.09. The number of amides is 1. The highest BCUT2D eigenvalue weighted by Crippen LogP contribution is 2.10. The molecule has 0 aliphatic carbocycles. The SMILES string of the molecule is CCCNc1cc(C(=O)NCCc2cscn2)cc(C)n1. The molecule has 0 aromatic carbocycles. The summed E-state index contributed by atoms with van der Waals surface area (Å²) < 4.78 is 0. The average Bonchev–Trinajstić information content (AvgIpc) is 2.97. The number of anilines is 1. The van der Waals surface area contributed by atoms with Crippen LogP contribution < -0.4 is 10.6 Å². The summed E-state index contributed by atoms with van der Waals surface area (Å²) in [6.45, 7) is 5.42. The number of carbonyl (C=O) groups excluding carboxylic acids is 1. The average molecular weight is 304 g/mol. The maximum atomic E-state index is 12.2. The van der Waals surface area contributed by atoms with Gasteiger partial charge in [0.05, 0.1) is 11.2 Å². The van der Waals surface area contributed by atoms with E-state index in [-0.39, 0.29) is 5.91 Å². The van der Waals surface area contributed by atoms with E-state index >= 15 is 0 Å². The Balaban J connectivity index is 1.93. The van der Waals surface area contributed by atoms with E-state index in [0.717, 1.165) is 36.6 Å². The number of pyridine rings is 1. The van der Waals surface area contributed by atoms with Crippen LogP contribution in [0.4, 0.5) is 5.82 Å². The molecule has 0 aliphatic rings. The molecule has 6 heteroatoms. The predicted molar refractivity (Wildman–Crippen MR) is 85.9 cm³/mol. The van der Waals surface area contributed by atoms with Crippen molar-refractivity contribution in [3.8, 4) is 0 Å². The summed E-state index contributed by atoms with van der Waals surface area (Å²) >= 11 is 1.57. The minimum atomic E-state index is -0.0738. The Hall–Kier alpha value is -1.95. The van der Waals surface area contributed by atoms with E-state index in [1.165, 1.54) is 0 Å². The summed E-state index contributed by atoms with van der Waals surface area (Å²) in [5.41, 5.74) is 4.28. The van der Waals surface area contributed by atoms with Crippen LogP contribution in [0.2, 0.25) is 0 Å². The Kier molecular flexibility index (Phi) is 5.68. The molecule has 0 saturated carbocycles. The van der Waals surface area contributed by atoms with Crippen LogP contribution in [0.15, 0.2) is 23.0 Å². The van der Waals surface area contributed by atoms with Gasteiger partial charge in [-0.25, -0.2) is 9.97 Å². The molecule has 2 aromatic rings. The van der Waals surface area contributed by atoms with Crippen molar-refractivity contribution in [3.63, 3.8) is 0 Å². The Morgan fingerprint density at radius 2 is 2.19 bits per heavy atom. The zero-order chi connectivity index (χ0) is 15.1. The molecule has 1 amide bonds. The van der Waals surface area contributed by atoms with Crippen LogP contribution in [0, 0.1) is 6.92 Å². The number of hydrogen-bond acceptors (Lipinski definition) is 5. The fourth-order valence-electron chi connectivity index (χ4n) is 1.91. The topological polar surface area (TPSA) is 66.9 Å². The monoisotopic (exact) mass is 304 g/mol. The van der Waals surface area contributed by atoms with Crippen LogP contribution in [0.1, 0.15) is 35.1 Å². The van der Waals surface area contributed by atoms with Gasteiger partial charge in [-0.05, 0) is 25.5 Å². The van der Waals surface area contributed by atoms with Gasteiger partial charge >= 0.3 is 0 Å². The molecule has 0 unspecified atom stereocenters. The van der Waals surface area contributed by atoms with E-state index in [2.05, 4.69) is 27.5 Å². The number of carbonyl (C=O) groups is 1. The highest BCUT2D eigenvalue weighted by atomic mass is 32.1. The van der Waals surface area contributed by atoms with Gasteiger partial charge in [0.15, 0.2) is 0 Å². The second kappa shape index (κ2) is 7.73. The summed E-state index contributed by atoms with van der Waals surface area (Å²) in [6, 6.07) is 3.59. The number of nitrogens with one attached hydrogen (secondary N) is 2. The highest BCUT2D eigenvalue weighted by Gasteiger charge is 2.08. The Bertz CT molecular complexity index is 583. The van der Waals surface area contributed by atoms with Gasteiger partial charge in [0, 0.05) is 36.1 Å². The Morgan fingerprint density at radius 1 is 1.33 bits per heavy atom. The predicted octanol–water partition coefficient (Wildman–Crippen LogP) is 2.64. The summed E-state index contributed by atoms with van der Waals surface area (Å²) in [7, 11) is 0. The van der Waals surface area contributed by atoms with Crippen LogP contribution in [-0.2, 0) is 6.42 Å². The van der Waals surface area contributed by atoms with E-state index in [4.69, 9.17) is 0 Å². The van der Waals surface area contributed by atoms with Crippen molar-refractivity contribution in [2.24, 2.45) is 0 Å². The number of thiazole rings is 1. The highest BCUT2D eigenvalue weighted by molar-refractivity contribution is 7.07. The zero-order valence-electron chi connectivity index (χ0n) is 12.3. The molecule has 0 atom stereocenters. The molecule has 0 radical (unpaired) electrons. The van der Waals surface area contributed by atoms with Crippen molar-refractivity contribution in [1.82, 2.24) is 15.3 Å². The number of aryl methyl sites for hydroxylation is 1. The molecule has 0 spiro atoms. The second-order valence-corrected chi connectivity index (χ2v) is 5.51. The van der Waals surface area contributed by atoms with E-state index in [9.17, 15) is 4.79 Å². The third-order valence-corrected chi connectivity index (χ3v) is 3.56. The lowest BCUT2D eigenvalue weighted by atomic mass is 10.2. The zero-order valence-corrected chi connectivity index (χ0v) is 13.2. The molecular formula is C15H20N4OS. The molecular weight excluding hydrogens is 284 g/mol. The minimum Gasteiger partial charge on any atom is -0.370 e. The normalized spacial score (nSPS) is 10.4. The van der Waals surface area contributed by atoms with E-state index in [1.807, 2.05) is 12.3 Å². The molecule has 21 heavy (non-hydrogen) atoms. The van der Waals surface area contributed by atoms with Crippen LogP contribution in [0.5, 0.6) is 0 Å². The fraction of sp³-hybridized carbons (Fsp3) is 0.400. The first-order valence-electron chi connectivity index (χ1n) is 7.07. The van der Waals surface area contributed by atoms with Crippen LogP contribution in [0.3, 0.4) is 0 Å². The summed E-state index contributed by atoms with van der Waals surface area (Å²) in [5, 5.41) is 8.12. The molecule has 2 aromatic heterocycles. The third kappa shape index (κ3) is 4.82. The van der Waals surface area contributed by atoms with Crippen molar-refractivity contribution in [1.29, 1.82) is 0 Å². The number of nitrogens with zero attached hydrogens (tertiary/aromatic N) is 2. The molecule has 112 valence electrons. The number of rotatable bonds is 7. The van der Waals surface area contributed by atoms with Crippen molar-refractivity contribution >= 4 is 23.1 Å². The molecule has 2 heterocycles. The van der Waals surface area contributed by atoms with Gasteiger partial charge in [-0.3, -0.25) is 4.79 Å². The quantitative estimate of drug-likeness (QED) is 0.825. The Labute approximate surface area is 128 Å². The van der Waals surface area contributed by atoms with Gasteiger partial charge in [-0.2, -0.15) is 0 Å². The van der Waals surface area contributed by atoms with Crippen molar-refractivity contribution < 1.29 is 4.79 Å². The van der Waals surface area contributed by atoms with E-state index in [0.29, 0.717) is 12.1 Å². The second-order valence-electron chi connectivity index (χ2n) is 4.79. The summed E-state index contributed by atoms with van der Waals surface area (Å²) in [5.74, 6) is 0.678. The Morgan fingerprint density at radius 3 is 2.90 bits per heavy atom. The molecule has 5 nitrogen and oxygen atoms in total. The van der Waals surface area contributed by atoms with E-state index in [1.54, 1.807) is 29.0 Å². The van der Waals surface area contributed by atoms with Crippen LogP contribution in [0.25, 0.3) is 0 Å². The molecule has 2 N–H and O–H groups in total. The molecule has 0 saturated heterocycles. The lowest BCUT2D eigenvalue weighted by Crippen LogP contribution is -2.26. The first-order chi connectivity index (χ1) is 10.2. The van der Waals surface area contributed by atoms with Gasteiger partial charge in [0.25, 0.3) is 5.91 Å². The van der Waals surface area contributed by atoms with Gasteiger partial charge in [0.1, 0.15) is 5.82 Å². The summed E-state index contributed by atoms with van der Waals surface area (Å²) in [6.07, 6.45) is 1.77. The van der Waals surface area contributed by atoms with Crippen LogP contribution in [-0.4, -0.2) is 29.0 Å². The van der Waals surface area contributed by atoms with E-state index < -0.39 is 0 Å². The third-order valence-electron chi connectivity index (χ3n) is 2.92. The maximum Gasteiger partial charge on any atom is 0.251 e. The fourth-order valence-corrected chi connectivity index (χ4v) is 2.50. The first kappa shape index (κ1) is 15.4. The molecule has 2 rings (SSSR count). The maximum absolute atomic E-state index is 12.2. The smallest absolute Gasteiger partial charge is 0.251 e. The van der Waals surface area contributed by atoms with Gasteiger partial charge < -0.3 is 10.6 Å².